The summed E-state index contributed by atoms with van der Waals surface area (Å²) in [4.78, 5) is 10.7. The number of aldehydes is 1. The summed E-state index contributed by atoms with van der Waals surface area (Å²) in [5.41, 5.74) is -0.0274. The monoisotopic (exact) mass is 254 g/mol. The van der Waals surface area contributed by atoms with E-state index in [4.69, 9.17) is 0 Å². The number of hydrogen-bond acceptors (Lipinski definition) is 2. The Balaban J connectivity index is 2.62. The molecule has 0 atom stereocenters. The second-order valence-corrected chi connectivity index (χ2v) is 3.80. The average Bonchev–Trinajstić information content (AvgIpc) is 2.73. The largest absolute Gasteiger partial charge is 0.416 e. The van der Waals surface area contributed by atoms with Crippen LogP contribution in [-0.2, 0) is 13.2 Å². The molecular weight excluding hydrogens is 245 g/mol. The Morgan fingerprint density at radius 2 is 2.00 bits per heavy atom. The zero-order valence-corrected chi connectivity index (χ0v) is 9.40. The molecule has 0 saturated carbocycles. The number of benzene rings is 1. The van der Waals surface area contributed by atoms with E-state index in [1.165, 1.54) is 16.9 Å². The molecule has 1 aromatic heterocycles. The van der Waals surface area contributed by atoms with Crippen molar-refractivity contribution >= 4 is 6.29 Å². The van der Waals surface area contributed by atoms with Gasteiger partial charge in [0.2, 0.25) is 0 Å². The molecule has 0 bridgehead atoms. The van der Waals surface area contributed by atoms with Gasteiger partial charge in [0.25, 0.3) is 0 Å². The molecule has 0 saturated heterocycles. The van der Waals surface area contributed by atoms with Crippen molar-refractivity contribution in [3.05, 3.63) is 41.6 Å². The molecule has 3 nitrogen and oxygen atoms in total. The van der Waals surface area contributed by atoms with Gasteiger partial charge in [0.1, 0.15) is 6.29 Å². The van der Waals surface area contributed by atoms with Crippen LogP contribution >= 0.6 is 0 Å². The van der Waals surface area contributed by atoms with Crippen LogP contribution in [0.5, 0.6) is 0 Å². The van der Waals surface area contributed by atoms with Crippen molar-refractivity contribution < 1.29 is 18.0 Å². The maximum absolute atomic E-state index is 12.7. The third-order valence-electron chi connectivity index (χ3n) is 2.54. The van der Waals surface area contributed by atoms with Gasteiger partial charge in [-0.15, -0.1) is 0 Å². The van der Waals surface area contributed by atoms with Crippen molar-refractivity contribution in [1.29, 1.82) is 0 Å². The Bertz CT molecular complexity index is 587. The van der Waals surface area contributed by atoms with Crippen LogP contribution in [0.25, 0.3) is 11.3 Å². The maximum Gasteiger partial charge on any atom is 0.416 e. The van der Waals surface area contributed by atoms with Crippen LogP contribution in [0.1, 0.15) is 15.9 Å². The molecule has 0 amide bonds. The minimum Gasteiger partial charge on any atom is -0.298 e. The molecule has 2 rings (SSSR count). The van der Waals surface area contributed by atoms with Gasteiger partial charge in [-0.25, -0.2) is 0 Å². The molecule has 0 aliphatic rings. The van der Waals surface area contributed by atoms with Gasteiger partial charge in [0.05, 0.1) is 11.3 Å². The van der Waals surface area contributed by atoms with Crippen LogP contribution in [0.2, 0.25) is 0 Å². The predicted molar refractivity (Wildman–Crippen MR) is 59.0 cm³/mol. The molecule has 1 heterocycles. The predicted octanol–water partition coefficient (Wildman–Crippen LogP) is 2.92. The fourth-order valence-corrected chi connectivity index (χ4v) is 1.69. The van der Waals surface area contributed by atoms with E-state index in [-0.39, 0.29) is 5.56 Å². The number of aryl methyl sites for hydroxylation is 1. The van der Waals surface area contributed by atoms with Crippen molar-refractivity contribution in [3.8, 4) is 11.3 Å². The first kappa shape index (κ1) is 12.3. The summed E-state index contributed by atoms with van der Waals surface area (Å²) < 4.78 is 39.5. The van der Waals surface area contributed by atoms with E-state index in [1.54, 1.807) is 13.1 Å². The van der Waals surface area contributed by atoms with Gasteiger partial charge in [0.15, 0.2) is 0 Å². The quantitative estimate of drug-likeness (QED) is 0.772. The minimum atomic E-state index is -4.48. The molecule has 0 aliphatic carbocycles. The lowest BCUT2D eigenvalue weighted by Crippen LogP contribution is -2.06. The molecule has 1 aromatic carbocycles. The van der Waals surface area contributed by atoms with Crippen LogP contribution in [0.4, 0.5) is 13.2 Å². The first-order valence-corrected chi connectivity index (χ1v) is 5.07. The van der Waals surface area contributed by atoms with Crippen molar-refractivity contribution in [2.24, 2.45) is 7.05 Å². The standard InChI is InChI=1S/C12H9F3N2O/c1-17-11(2-3-16-17)9-4-8(7-18)5-10(6-9)12(13,14)15/h2-7H,1H3. The molecular formula is C12H9F3N2O. The lowest BCUT2D eigenvalue weighted by atomic mass is 10.0. The number of nitrogens with zero attached hydrogens (tertiary/aromatic N) is 2. The summed E-state index contributed by atoms with van der Waals surface area (Å²) >= 11 is 0. The van der Waals surface area contributed by atoms with E-state index < -0.39 is 11.7 Å². The minimum absolute atomic E-state index is 0.0129. The summed E-state index contributed by atoms with van der Waals surface area (Å²) in [6.45, 7) is 0. The van der Waals surface area contributed by atoms with Gasteiger partial charge in [-0.1, -0.05) is 0 Å². The Hall–Kier alpha value is -2.11. The normalized spacial score (nSPS) is 11.6. The number of rotatable bonds is 2. The topological polar surface area (TPSA) is 34.9 Å². The summed E-state index contributed by atoms with van der Waals surface area (Å²) in [6, 6.07) is 4.82. The second kappa shape index (κ2) is 4.29. The number of carbonyl (C=O) groups is 1. The summed E-state index contributed by atoms with van der Waals surface area (Å²) in [5.74, 6) is 0. The van der Waals surface area contributed by atoms with Crippen molar-refractivity contribution in [2.45, 2.75) is 6.18 Å². The zero-order chi connectivity index (χ0) is 13.3. The molecule has 0 fully saturated rings. The first-order chi connectivity index (χ1) is 8.41. The fourth-order valence-electron chi connectivity index (χ4n) is 1.69. The highest BCUT2D eigenvalue weighted by Crippen LogP contribution is 2.33. The van der Waals surface area contributed by atoms with Gasteiger partial charge >= 0.3 is 6.18 Å². The molecule has 0 radical (unpaired) electrons. The Morgan fingerprint density at radius 3 is 2.50 bits per heavy atom. The maximum atomic E-state index is 12.7. The van der Waals surface area contributed by atoms with Gasteiger partial charge in [-0.2, -0.15) is 18.3 Å². The highest BCUT2D eigenvalue weighted by molar-refractivity contribution is 5.79. The van der Waals surface area contributed by atoms with Crippen LogP contribution in [0, 0.1) is 0 Å². The second-order valence-electron chi connectivity index (χ2n) is 3.80. The van der Waals surface area contributed by atoms with E-state index in [0.717, 1.165) is 12.1 Å². The van der Waals surface area contributed by atoms with Gasteiger partial charge in [-0.3, -0.25) is 9.48 Å². The van der Waals surface area contributed by atoms with Crippen LogP contribution in [-0.4, -0.2) is 16.1 Å². The molecule has 18 heavy (non-hydrogen) atoms. The number of alkyl halides is 3. The van der Waals surface area contributed by atoms with Gasteiger partial charge in [0, 0.05) is 24.4 Å². The highest BCUT2D eigenvalue weighted by atomic mass is 19.4. The summed E-state index contributed by atoms with van der Waals surface area (Å²) in [7, 11) is 1.62. The fraction of sp³-hybridized carbons (Fsp3) is 0.167. The van der Waals surface area contributed by atoms with E-state index in [2.05, 4.69) is 5.10 Å². The number of carbonyl (C=O) groups excluding carboxylic acids is 1. The van der Waals surface area contributed by atoms with Gasteiger partial charge < -0.3 is 0 Å². The third-order valence-corrected chi connectivity index (χ3v) is 2.54. The lowest BCUT2D eigenvalue weighted by molar-refractivity contribution is -0.137. The van der Waals surface area contributed by atoms with Crippen molar-refractivity contribution in [3.63, 3.8) is 0 Å². The SMILES string of the molecule is Cn1nccc1-c1cc(C=O)cc(C(F)(F)F)c1. The van der Waals surface area contributed by atoms with Crippen LogP contribution in [0.3, 0.4) is 0 Å². The number of halogens is 3. The highest BCUT2D eigenvalue weighted by Gasteiger charge is 2.31. The number of hydrogen-bond donors (Lipinski definition) is 0. The van der Waals surface area contributed by atoms with Crippen molar-refractivity contribution in [2.75, 3.05) is 0 Å². The summed E-state index contributed by atoms with van der Waals surface area (Å²) in [6.07, 6.45) is -2.60. The molecule has 0 unspecified atom stereocenters. The molecule has 2 aromatic rings. The first-order valence-electron chi connectivity index (χ1n) is 5.07. The molecule has 0 aliphatic heterocycles. The van der Waals surface area contributed by atoms with E-state index >= 15 is 0 Å². The van der Waals surface area contributed by atoms with Crippen LogP contribution < -0.4 is 0 Å². The van der Waals surface area contributed by atoms with E-state index in [1.807, 2.05) is 0 Å². The van der Waals surface area contributed by atoms with E-state index in [9.17, 15) is 18.0 Å². The average molecular weight is 254 g/mol. The Morgan fingerprint density at radius 1 is 1.28 bits per heavy atom. The molecule has 94 valence electrons. The van der Waals surface area contributed by atoms with Crippen molar-refractivity contribution in [1.82, 2.24) is 9.78 Å². The van der Waals surface area contributed by atoms with Crippen LogP contribution in [0.15, 0.2) is 30.5 Å². The summed E-state index contributed by atoms with van der Waals surface area (Å²) in [5, 5.41) is 3.89. The molecule has 0 N–H and O–H groups in total. The van der Waals surface area contributed by atoms with Gasteiger partial charge in [-0.05, 0) is 24.3 Å². The zero-order valence-electron chi connectivity index (χ0n) is 9.40. The lowest BCUT2D eigenvalue weighted by Gasteiger charge is -2.10. The molecule has 6 heteroatoms. The molecule has 0 spiro atoms. The smallest absolute Gasteiger partial charge is 0.298 e. The number of aromatic nitrogens is 2. The Kier molecular flexibility index (Phi) is 2.94. The van der Waals surface area contributed by atoms with E-state index in [0.29, 0.717) is 17.5 Å². The Labute approximate surface area is 101 Å². The third kappa shape index (κ3) is 2.27.